The van der Waals surface area contributed by atoms with Gasteiger partial charge < -0.3 is 9.80 Å². The molecule has 0 N–H and O–H groups in total. The largest absolute Gasteiger partial charge is 0.344 e. The van der Waals surface area contributed by atoms with Gasteiger partial charge in [-0.15, -0.1) is 0 Å². The molecule has 1 heterocycles. The van der Waals surface area contributed by atoms with E-state index in [0.29, 0.717) is 0 Å². The maximum absolute atomic E-state index is 4.24. The molecule has 0 aliphatic carbocycles. The van der Waals surface area contributed by atoms with Crippen molar-refractivity contribution in [2.45, 2.75) is 13.3 Å². The standard InChI is InChI=1S/C8H17N3/c1-4-5-11-7-6-10(3)8(11)9-2/h4-7H2,1-3H3/b9-8-. The van der Waals surface area contributed by atoms with Gasteiger partial charge in [-0.25, -0.2) is 0 Å². The van der Waals surface area contributed by atoms with Crippen LogP contribution in [-0.4, -0.2) is 49.5 Å². The van der Waals surface area contributed by atoms with Gasteiger partial charge in [0, 0.05) is 33.7 Å². The fraction of sp³-hybridized carbons (Fsp3) is 0.875. The number of likely N-dealkylation sites (N-methyl/N-ethyl adjacent to an activating group) is 1. The van der Waals surface area contributed by atoms with E-state index in [0.717, 1.165) is 25.6 Å². The van der Waals surface area contributed by atoms with E-state index in [9.17, 15) is 0 Å². The molecule has 0 bridgehead atoms. The number of nitrogens with zero attached hydrogens (tertiary/aromatic N) is 3. The number of hydrogen-bond donors (Lipinski definition) is 0. The minimum Gasteiger partial charge on any atom is -0.344 e. The van der Waals surface area contributed by atoms with E-state index < -0.39 is 0 Å². The summed E-state index contributed by atoms with van der Waals surface area (Å²) in [4.78, 5) is 8.77. The molecule has 0 radical (unpaired) electrons. The van der Waals surface area contributed by atoms with Gasteiger partial charge in [0.2, 0.25) is 0 Å². The van der Waals surface area contributed by atoms with Gasteiger partial charge in [-0.2, -0.15) is 0 Å². The number of guanidine groups is 1. The van der Waals surface area contributed by atoms with Gasteiger partial charge in [0.15, 0.2) is 5.96 Å². The van der Waals surface area contributed by atoms with Gasteiger partial charge in [-0.1, -0.05) is 6.92 Å². The van der Waals surface area contributed by atoms with Gasteiger partial charge in [-0.3, -0.25) is 4.99 Å². The average Bonchev–Trinajstić information content (AvgIpc) is 2.33. The lowest BCUT2D eigenvalue weighted by Crippen LogP contribution is -2.31. The van der Waals surface area contributed by atoms with Crippen molar-refractivity contribution in [3.63, 3.8) is 0 Å². The van der Waals surface area contributed by atoms with Crippen LogP contribution in [0.4, 0.5) is 0 Å². The van der Waals surface area contributed by atoms with Crippen molar-refractivity contribution >= 4 is 5.96 Å². The molecule has 1 aliphatic heterocycles. The maximum atomic E-state index is 4.24. The molecular formula is C8H17N3. The molecule has 0 aromatic carbocycles. The summed E-state index contributed by atoms with van der Waals surface area (Å²) in [6, 6.07) is 0. The number of rotatable bonds is 2. The normalized spacial score (nSPS) is 21.9. The fourth-order valence-corrected chi connectivity index (χ4v) is 1.51. The summed E-state index contributed by atoms with van der Waals surface area (Å²) >= 11 is 0. The lowest BCUT2D eigenvalue weighted by Gasteiger charge is -2.18. The third-order valence-corrected chi connectivity index (χ3v) is 2.02. The topological polar surface area (TPSA) is 18.8 Å². The summed E-state index contributed by atoms with van der Waals surface area (Å²) in [5, 5.41) is 0. The second-order valence-corrected chi connectivity index (χ2v) is 2.93. The Morgan fingerprint density at radius 1 is 1.45 bits per heavy atom. The zero-order valence-electron chi connectivity index (χ0n) is 7.67. The zero-order valence-corrected chi connectivity index (χ0v) is 7.67. The lowest BCUT2D eigenvalue weighted by molar-refractivity contribution is 0.459. The molecule has 0 unspecified atom stereocenters. The molecule has 1 aliphatic rings. The Labute approximate surface area is 68.7 Å². The third kappa shape index (κ3) is 1.64. The molecule has 11 heavy (non-hydrogen) atoms. The summed E-state index contributed by atoms with van der Waals surface area (Å²) in [6.07, 6.45) is 1.20. The van der Waals surface area contributed by atoms with E-state index in [1.807, 2.05) is 7.05 Å². The van der Waals surface area contributed by atoms with Crippen LogP contribution in [0.5, 0.6) is 0 Å². The van der Waals surface area contributed by atoms with Crippen LogP contribution in [-0.2, 0) is 0 Å². The quantitative estimate of drug-likeness (QED) is 0.582. The third-order valence-electron chi connectivity index (χ3n) is 2.02. The smallest absolute Gasteiger partial charge is 0.196 e. The van der Waals surface area contributed by atoms with Gasteiger partial charge in [0.1, 0.15) is 0 Å². The van der Waals surface area contributed by atoms with E-state index in [1.54, 1.807) is 0 Å². The SMILES string of the molecule is CCCN1CCN(C)/C1=N/C. The molecule has 0 saturated carbocycles. The first-order chi connectivity index (χ1) is 5.29. The Hall–Kier alpha value is -0.730. The highest BCUT2D eigenvalue weighted by molar-refractivity contribution is 5.81. The van der Waals surface area contributed by atoms with Gasteiger partial charge in [-0.05, 0) is 6.42 Å². The molecule has 3 heteroatoms. The molecule has 1 fully saturated rings. The van der Waals surface area contributed by atoms with Crippen molar-refractivity contribution < 1.29 is 0 Å². The zero-order chi connectivity index (χ0) is 8.27. The molecule has 0 spiro atoms. The Kier molecular flexibility index (Phi) is 2.74. The van der Waals surface area contributed by atoms with E-state index >= 15 is 0 Å². The van der Waals surface area contributed by atoms with Crippen LogP contribution in [0.2, 0.25) is 0 Å². The van der Waals surface area contributed by atoms with Crippen molar-refractivity contribution in [2.24, 2.45) is 4.99 Å². The van der Waals surface area contributed by atoms with Gasteiger partial charge in [0.05, 0.1) is 0 Å². The Morgan fingerprint density at radius 3 is 2.73 bits per heavy atom. The van der Waals surface area contributed by atoms with Crippen molar-refractivity contribution in [1.82, 2.24) is 9.80 Å². The minimum atomic E-state index is 1.12. The molecule has 0 atom stereocenters. The van der Waals surface area contributed by atoms with Crippen molar-refractivity contribution in [2.75, 3.05) is 33.7 Å². The van der Waals surface area contributed by atoms with E-state index in [-0.39, 0.29) is 0 Å². The summed E-state index contributed by atoms with van der Waals surface area (Å²) in [6.45, 7) is 5.59. The van der Waals surface area contributed by atoms with Crippen molar-refractivity contribution in [1.29, 1.82) is 0 Å². The highest BCUT2D eigenvalue weighted by Gasteiger charge is 2.20. The van der Waals surface area contributed by atoms with E-state index in [2.05, 4.69) is 28.8 Å². The van der Waals surface area contributed by atoms with Crippen LogP contribution in [0.3, 0.4) is 0 Å². The average molecular weight is 155 g/mol. The second kappa shape index (κ2) is 3.60. The van der Waals surface area contributed by atoms with E-state index in [1.165, 1.54) is 6.42 Å². The van der Waals surface area contributed by atoms with Crippen molar-refractivity contribution in [3.05, 3.63) is 0 Å². The second-order valence-electron chi connectivity index (χ2n) is 2.93. The molecular weight excluding hydrogens is 138 g/mol. The number of aliphatic imine (C=N–C) groups is 1. The first-order valence-electron chi connectivity index (χ1n) is 4.22. The van der Waals surface area contributed by atoms with E-state index in [4.69, 9.17) is 0 Å². The summed E-state index contributed by atoms with van der Waals surface area (Å²) in [7, 11) is 3.96. The van der Waals surface area contributed by atoms with Crippen LogP contribution in [0.25, 0.3) is 0 Å². The molecule has 64 valence electrons. The molecule has 0 aromatic heterocycles. The first-order valence-corrected chi connectivity index (χ1v) is 4.22. The summed E-state index contributed by atoms with van der Waals surface area (Å²) in [5.41, 5.74) is 0. The van der Waals surface area contributed by atoms with Gasteiger partial charge in [0.25, 0.3) is 0 Å². The Balaban J connectivity index is 2.55. The molecule has 3 nitrogen and oxygen atoms in total. The fourth-order valence-electron chi connectivity index (χ4n) is 1.51. The molecule has 1 saturated heterocycles. The predicted octanol–water partition coefficient (Wildman–Crippen LogP) is 0.630. The predicted molar refractivity (Wildman–Crippen MR) is 47.9 cm³/mol. The highest BCUT2D eigenvalue weighted by Crippen LogP contribution is 2.05. The highest BCUT2D eigenvalue weighted by atomic mass is 15.4. The van der Waals surface area contributed by atoms with Gasteiger partial charge >= 0.3 is 0 Å². The van der Waals surface area contributed by atoms with Crippen LogP contribution >= 0.6 is 0 Å². The molecule has 1 rings (SSSR count). The monoisotopic (exact) mass is 155 g/mol. The Morgan fingerprint density at radius 2 is 2.18 bits per heavy atom. The van der Waals surface area contributed by atoms with Crippen LogP contribution in [0.1, 0.15) is 13.3 Å². The maximum Gasteiger partial charge on any atom is 0.196 e. The summed E-state index contributed by atoms with van der Waals surface area (Å²) < 4.78 is 0. The minimum absolute atomic E-state index is 1.12. The number of hydrogen-bond acceptors (Lipinski definition) is 1. The van der Waals surface area contributed by atoms with Crippen LogP contribution < -0.4 is 0 Å². The molecule has 0 aromatic rings. The van der Waals surface area contributed by atoms with Crippen LogP contribution in [0.15, 0.2) is 4.99 Å². The van der Waals surface area contributed by atoms with Crippen molar-refractivity contribution in [3.8, 4) is 0 Å². The first kappa shape index (κ1) is 8.37. The Bertz CT molecular complexity index is 151. The lowest BCUT2D eigenvalue weighted by atomic mass is 10.4. The van der Waals surface area contributed by atoms with Crippen LogP contribution in [0, 0.1) is 0 Å². The molecule has 0 amide bonds. The summed E-state index contributed by atoms with van der Waals surface area (Å²) in [5.74, 6) is 1.15.